The molecule has 8 heteroatoms. The van der Waals surface area contributed by atoms with Gasteiger partial charge in [-0.15, -0.1) is 10.2 Å². The average molecular weight is 415 g/mol. The van der Waals surface area contributed by atoms with Gasteiger partial charge in [0.15, 0.2) is 11.0 Å². The van der Waals surface area contributed by atoms with E-state index in [0.717, 1.165) is 11.4 Å². The van der Waals surface area contributed by atoms with Gasteiger partial charge in [0.2, 0.25) is 0 Å². The number of ether oxygens (including phenoxy) is 2. The average Bonchev–Trinajstić information content (AvgIpc) is 3.11. The van der Waals surface area contributed by atoms with E-state index in [9.17, 15) is 0 Å². The summed E-state index contributed by atoms with van der Waals surface area (Å²) < 4.78 is 13.2. The molecule has 0 radical (unpaired) electrons. The van der Waals surface area contributed by atoms with Gasteiger partial charge in [0.25, 0.3) is 0 Å². The van der Waals surface area contributed by atoms with Crippen LogP contribution in [-0.4, -0.2) is 27.1 Å². The number of nitrogens with zero attached hydrogens (tertiary/aromatic N) is 4. The predicted octanol–water partition coefficient (Wildman–Crippen LogP) is 4.90. The summed E-state index contributed by atoms with van der Waals surface area (Å²) in [5.41, 5.74) is 0.888. The molecule has 0 saturated heterocycles. The van der Waals surface area contributed by atoms with Crippen molar-refractivity contribution in [1.29, 1.82) is 5.26 Å². The topological polar surface area (TPSA) is 73.0 Å². The fourth-order valence-corrected chi connectivity index (χ4v) is 3.41. The van der Waals surface area contributed by atoms with Crippen molar-refractivity contribution in [1.82, 2.24) is 14.8 Å². The Morgan fingerprint density at radius 3 is 2.36 bits per heavy atom. The van der Waals surface area contributed by atoms with Crippen molar-refractivity contribution in [2.75, 3.05) is 12.4 Å². The molecule has 0 N–H and O–H groups in total. The molecule has 1 heterocycles. The summed E-state index contributed by atoms with van der Waals surface area (Å²) in [6.45, 7) is 2.82. The number of benzene rings is 2. The van der Waals surface area contributed by atoms with Gasteiger partial charge in [-0.3, -0.25) is 4.57 Å². The van der Waals surface area contributed by atoms with Crippen LogP contribution in [0.2, 0.25) is 5.02 Å². The van der Waals surface area contributed by atoms with Crippen LogP contribution in [0.15, 0.2) is 53.7 Å². The Hall–Kier alpha value is -2.69. The molecule has 0 unspecified atom stereocenters. The van der Waals surface area contributed by atoms with E-state index in [4.69, 9.17) is 26.3 Å². The van der Waals surface area contributed by atoms with Gasteiger partial charge < -0.3 is 9.47 Å². The van der Waals surface area contributed by atoms with Crippen LogP contribution < -0.4 is 9.47 Å². The molecule has 0 fully saturated rings. The van der Waals surface area contributed by atoms with Gasteiger partial charge in [-0.1, -0.05) is 23.4 Å². The van der Waals surface area contributed by atoms with Crippen molar-refractivity contribution >= 4 is 23.4 Å². The molecule has 28 heavy (non-hydrogen) atoms. The third-order valence-corrected chi connectivity index (χ3v) is 4.92. The van der Waals surface area contributed by atoms with Crippen molar-refractivity contribution in [3.8, 4) is 23.3 Å². The standard InChI is InChI=1S/C20H19ClN4O2S/c1-2-26-17-8-10-18(11-9-17)27-14-19-23-24-20(28-13-3-12-22)25(19)16-6-4-15(21)5-7-16/h4-11H,2-3,13-14H2,1H3. The van der Waals surface area contributed by atoms with E-state index >= 15 is 0 Å². The van der Waals surface area contributed by atoms with Crippen molar-refractivity contribution in [3.63, 3.8) is 0 Å². The minimum atomic E-state index is 0.252. The van der Waals surface area contributed by atoms with Crippen LogP contribution >= 0.6 is 23.4 Å². The molecule has 0 aliphatic carbocycles. The normalized spacial score (nSPS) is 10.5. The Labute approximate surface area is 173 Å². The summed E-state index contributed by atoms with van der Waals surface area (Å²) in [6, 6.07) is 17.0. The molecule has 0 atom stereocenters. The van der Waals surface area contributed by atoms with Crippen LogP contribution in [0, 0.1) is 11.3 Å². The molecule has 0 amide bonds. The summed E-state index contributed by atoms with van der Waals surface area (Å²) in [5, 5.41) is 18.7. The number of halogens is 1. The largest absolute Gasteiger partial charge is 0.494 e. The lowest BCUT2D eigenvalue weighted by atomic mass is 10.3. The Morgan fingerprint density at radius 1 is 1.04 bits per heavy atom. The molecule has 0 aliphatic heterocycles. The highest BCUT2D eigenvalue weighted by Crippen LogP contribution is 2.25. The molecule has 0 bridgehead atoms. The second-order valence-electron chi connectivity index (χ2n) is 5.66. The smallest absolute Gasteiger partial charge is 0.195 e. The van der Waals surface area contributed by atoms with Crippen molar-refractivity contribution in [2.24, 2.45) is 0 Å². The number of thioether (sulfide) groups is 1. The van der Waals surface area contributed by atoms with Crippen LogP contribution in [0.25, 0.3) is 5.69 Å². The lowest BCUT2D eigenvalue weighted by molar-refractivity contribution is 0.291. The van der Waals surface area contributed by atoms with Gasteiger partial charge in [-0.25, -0.2) is 0 Å². The minimum Gasteiger partial charge on any atom is -0.494 e. The summed E-state index contributed by atoms with van der Waals surface area (Å²) in [4.78, 5) is 0. The second-order valence-corrected chi connectivity index (χ2v) is 7.16. The number of nitriles is 1. The lowest BCUT2D eigenvalue weighted by Gasteiger charge is -2.11. The second kappa shape index (κ2) is 10.0. The van der Waals surface area contributed by atoms with E-state index in [1.165, 1.54) is 11.8 Å². The van der Waals surface area contributed by atoms with E-state index in [0.29, 0.717) is 40.5 Å². The van der Waals surface area contributed by atoms with Crippen LogP contribution in [0.4, 0.5) is 0 Å². The van der Waals surface area contributed by atoms with Gasteiger partial charge in [-0.05, 0) is 55.5 Å². The summed E-state index contributed by atoms with van der Waals surface area (Å²) >= 11 is 7.50. The molecule has 3 aromatic rings. The summed E-state index contributed by atoms with van der Waals surface area (Å²) in [5.74, 6) is 2.82. The maximum atomic E-state index is 8.78. The molecule has 144 valence electrons. The van der Waals surface area contributed by atoms with E-state index in [1.807, 2.05) is 60.0 Å². The maximum Gasteiger partial charge on any atom is 0.195 e. The molecule has 3 rings (SSSR count). The molecule has 2 aromatic carbocycles. The maximum absolute atomic E-state index is 8.78. The fourth-order valence-electron chi connectivity index (χ4n) is 2.47. The van der Waals surface area contributed by atoms with E-state index < -0.39 is 0 Å². The Morgan fingerprint density at radius 2 is 1.71 bits per heavy atom. The van der Waals surface area contributed by atoms with E-state index in [1.54, 1.807) is 0 Å². The molecule has 6 nitrogen and oxygen atoms in total. The molecular formula is C20H19ClN4O2S. The highest BCUT2D eigenvalue weighted by atomic mass is 35.5. The van der Waals surface area contributed by atoms with Crippen LogP contribution in [0.1, 0.15) is 19.2 Å². The first kappa shape index (κ1) is 20.1. The Bertz CT molecular complexity index is 936. The summed E-state index contributed by atoms with van der Waals surface area (Å²) in [7, 11) is 0. The summed E-state index contributed by atoms with van der Waals surface area (Å²) in [6.07, 6.45) is 0.441. The quantitative estimate of drug-likeness (QED) is 0.366. The third-order valence-electron chi connectivity index (χ3n) is 3.73. The number of hydrogen-bond donors (Lipinski definition) is 0. The van der Waals surface area contributed by atoms with Crippen LogP contribution in [-0.2, 0) is 6.61 Å². The van der Waals surface area contributed by atoms with E-state index in [-0.39, 0.29) is 6.61 Å². The molecule has 0 saturated carbocycles. The molecular weight excluding hydrogens is 396 g/mol. The SMILES string of the molecule is CCOc1ccc(OCc2nnc(SCCC#N)n2-c2ccc(Cl)cc2)cc1. The van der Waals surface area contributed by atoms with Gasteiger partial charge in [0.1, 0.15) is 18.1 Å². The van der Waals surface area contributed by atoms with Crippen LogP contribution in [0.5, 0.6) is 11.5 Å². The minimum absolute atomic E-state index is 0.252. The molecule has 0 aliphatic rings. The zero-order chi connectivity index (χ0) is 19.8. The first-order valence-electron chi connectivity index (χ1n) is 8.77. The monoisotopic (exact) mass is 414 g/mol. The number of hydrogen-bond acceptors (Lipinski definition) is 6. The Kier molecular flexibility index (Phi) is 7.18. The highest BCUT2D eigenvalue weighted by molar-refractivity contribution is 7.99. The van der Waals surface area contributed by atoms with Crippen molar-refractivity contribution in [3.05, 3.63) is 59.4 Å². The van der Waals surface area contributed by atoms with E-state index in [2.05, 4.69) is 16.3 Å². The first-order valence-corrected chi connectivity index (χ1v) is 10.1. The number of aromatic nitrogens is 3. The van der Waals surface area contributed by atoms with Gasteiger partial charge in [0.05, 0.1) is 12.7 Å². The zero-order valence-electron chi connectivity index (χ0n) is 15.3. The number of rotatable bonds is 9. The predicted molar refractivity (Wildman–Crippen MR) is 109 cm³/mol. The van der Waals surface area contributed by atoms with Gasteiger partial charge in [0, 0.05) is 22.9 Å². The third kappa shape index (κ3) is 5.18. The zero-order valence-corrected chi connectivity index (χ0v) is 16.9. The first-order chi connectivity index (χ1) is 13.7. The highest BCUT2D eigenvalue weighted by Gasteiger charge is 2.15. The fraction of sp³-hybridized carbons (Fsp3) is 0.250. The van der Waals surface area contributed by atoms with Gasteiger partial charge >= 0.3 is 0 Å². The lowest BCUT2D eigenvalue weighted by Crippen LogP contribution is -2.06. The molecule has 1 aromatic heterocycles. The molecule has 0 spiro atoms. The van der Waals surface area contributed by atoms with Crippen molar-refractivity contribution < 1.29 is 9.47 Å². The Balaban J connectivity index is 1.79. The van der Waals surface area contributed by atoms with Crippen LogP contribution in [0.3, 0.4) is 0 Å². The van der Waals surface area contributed by atoms with Crippen molar-refractivity contribution in [2.45, 2.75) is 25.1 Å². The van der Waals surface area contributed by atoms with Gasteiger partial charge in [-0.2, -0.15) is 5.26 Å².